The highest BCUT2D eigenvalue weighted by atomic mass is 16.6. The van der Waals surface area contributed by atoms with Crippen LogP contribution in [0.5, 0.6) is 0 Å². The summed E-state index contributed by atoms with van der Waals surface area (Å²) in [5, 5.41) is 10.5. The number of rotatable bonds is 7. The van der Waals surface area contributed by atoms with Crippen molar-refractivity contribution in [3.8, 4) is 0 Å². The molecule has 0 aliphatic carbocycles. The van der Waals surface area contributed by atoms with Crippen LogP contribution < -0.4 is 5.73 Å². The van der Waals surface area contributed by atoms with Crippen LogP contribution in [0.4, 0.5) is 5.69 Å². The standard InChI is InChI=1S/C13H20N2O3/c1-3-13(14,4-2)10-18-9-11-5-7-12(8-6-11)15(16)17/h5-8H,3-4,9-10,14H2,1-2H3. The molecule has 0 heterocycles. The average Bonchev–Trinajstić information content (AvgIpc) is 2.39. The monoisotopic (exact) mass is 252 g/mol. The summed E-state index contributed by atoms with van der Waals surface area (Å²) in [6, 6.07) is 6.37. The summed E-state index contributed by atoms with van der Waals surface area (Å²) in [5.74, 6) is 0. The van der Waals surface area contributed by atoms with Gasteiger partial charge in [0, 0.05) is 17.7 Å². The number of nitrogens with two attached hydrogens (primary N) is 1. The van der Waals surface area contributed by atoms with Crippen LogP contribution in [0.1, 0.15) is 32.3 Å². The van der Waals surface area contributed by atoms with E-state index in [0.29, 0.717) is 13.2 Å². The smallest absolute Gasteiger partial charge is 0.269 e. The van der Waals surface area contributed by atoms with Gasteiger partial charge in [0.1, 0.15) is 0 Å². The van der Waals surface area contributed by atoms with Crippen LogP contribution in [0.2, 0.25) is 0 Å². The Bertz CT molecular complexity index is 386. The van der Waals surface area contributed by atoms with Crippen LogP contribution in [0.15, 0.2) is 24.3 Å². The normalized spacial score (nSPS) is 11.5. The van der Waals surface area contributed by atoms with E-state index < -0.39 is 4.92 Å². The van der Waals surface area contributed by atoms with E-state index >= 15 is 0 Å². The maximum absolute atomic E-state index is 10.5. The van der Waals surface area contributed by atoms with E-state index in [-0.39, 0.29) is 11.2 Å². The van der Waals surface area contributed by atoms with Gasteiger partial charge in [0.25, 0.3) is 5.69 Å². The first-order valence-electron chi connectivity index (χ1n) is 6.10. The van der Waals surface area contributed by atoms with Crippen molar-refractivity contribution in [3.05, 3.63) is 39.9 Å². The number of hydrogen-bond acceptors (Lipinski definition) is 4. The van der Waals surface area contributed by atoms with Crippen LogP contribution in [-0.4, -0.2) is 17.1 Å². The summed E-state index contributed by atoms with van der Waals surface area (Å²) in [6.07, 6.45) is 1.73. The molecule has 18 heavy (non-hydrogen) atoms. The Balaban J connectivity index is 2.47. The molecule has 0 saturated carbocycles. The Morgan fingerprint density at radius 3 is 2.28 bits per heavy atom. The predicted molar refractivity (Wildman–Crippen MR) is 70.3 cm³/mol. The molecular formula is C13H20N2O3. The molecule has 0 atom stereocenters. The largest absolute Gasteiger partial charge is 0.375 e. The number of ether oxygens (including phenoxy) is 1. The minimum Gasteiger partial charge on any atom is -0.375 e. The van der Waals surface area contributed by atoms with E-state index in [4.69, 9.17) is 10.5 Å². The second-order valence-corrected chi connectivity index (χ2v) is 4.49. The first kappa shape index (κ1) is 14.6. The van der Waals surface area contributed by atoms with Crippen LogP contribution in [0.3, 0.4) is 0 Å². The van der Waals surface area contributed by atoms with Gasteiger partial charge >= 0.3 is 0 Å². The molecule has 1 rings (SSSR count). The zero-order chi connectivity index (χ0) is 13.6. The highest BCUT2D eigenvalue weighted by Crippen LogP contribution is 2.15. The third kappa shape index (κ3) is 4.09. The van der Waals surface area contributed by atoms with Crippen molar-refractivity contribution in [1.82, 2.24) is 0 Å². The molecule has 0 radical (unpaired) electrons. The van der Waals surface area contributed by atoms with Crippen LogP contribution >= 0.6 is 0 Å². The lowest BCUT2D eigenvalue weighted by molar-refractivity contribution is -0.384. The SMILES string of the molecule is CCC(N)(CC)COCc1ccc([N+](=O)[O-])cc1. The molecule has 0 amide bonds. The van der Waals surface area contributed by atoms with Gasteiger partial charge in [0.15, 0.2) is 0 Å². The zero-order valence-electron chi connectivity index (χ0n) is 10.9. The molecular weight excluding hydrogens is 232 g/mol. The van der Waals surface area contributed by atoms with Crippen molar-refractivity contribution in [3.63, 3.8) is 0 Å². The van der Waals surface area contributed by atoms with Crippen molar-refractivity contribution < 1.29 is 9.66 Å². The second-order valence-electron chi connectivity index (χ2n) is 4.49. The van der Waals surface area contributed by atoms with Gasteiger partial charge in [-0.15, -0.1) is 0 Å². The fraction of sp³-hybridized carbons (Fsp3) is 0.538. The van der Waals surface area contributed by atoms with E-state index in [9.17, 15) is 10.1 Å². The minimum atomic E-state index is -0.413. The number of benzene rings is 1. The van der Waals surface area contributed by atoms with Gasteiger partial charge in [-0.1, -0.05) is 13.8 Å². The van der Waals surface area contributed by atoms with Gasteiger partial charge in [-0.05, 0) is 30.5 Å². The molecule has 0 fully saturated rings. The fourth-order valence-corrected chi connectivity index (χ4v) is 1.54. The summed E-state index contributed by atoms with van der Waals surface area (Å²) in [7, 11) is 0. The Morgan fingerprint density at radius 1 is 1.28 bits per heavy atom. The third-order valence-electron chi connectivity index (χ3n) is 3.21. The summed E-state index contributed by atoms with van der Waals surface area (Å²) in [6.45, 7) is 5.01. The summed E-state index contributed by atoms with van der Waals surface area (Å²) in [4.78, 5) is 10.1. The molecule has 5 heteroatoms. The van der Waals surface area contributed by atoms with E-state index in [1.807, 2.05) is 13.8 Å². The molecule has 0 aromatic heterocycles. The first-order valence-corrected chi connectivity index (χ1v) is 6.10. The number of hydrogen-bond donors (Lipinski definition) is 1. The van der Waals surface area contributed by atoms with Crippen molar-refractivity contribution in [1.29, 1.82) is 0 Å². The zero-order valence-corrected chi connectivity index (χ0v) is 10.9. The number of nitro groups is 1. The van der Waals surface area contributed by atoms with Crippen molar-refractivity contribution >= 4 is 5.69 Å². The maximum atomic E-state index is 10.5. The van der Waals surface area contributed by atoms with E-state index in [1.165, 1.54) is 12.1 Å². The van der Waals surface area contributed by atoms with E-state index in [1.54, 1.807) is 12.1 Å². The molecule has 0 unspecified atom stereocenters. The number of nitro benzene ring substituents is 1. The molecule has 1 aromatic rings. The lowest BCUT2D eigenvalue weighted by atomic mass is 9.96. The van der Waals surface area contributed by atoms with Gasteiger partial charge < -0.3 is 10.5 Å². The Kier molecular flexibility index (Phi) is 5.25. The Hall–Kier alpha value is -1.46. The van der Waals surface area contributed by atoms with Crippen LogP contribution in [0, 0.1) is 10.1 Å². The highest BCUT2D eigenvalue weighted by Gasteiger charge is 2.20. The molecule has 0 aliphatic heterocycles. The minimum absolute atomic E-state index is 0.0917. The molecule has 100 valence electrons. The quantitative estimate of drug-likeness (QED) is 0.597. The summed E-state index contributed by atoms with van der Waals surface area (Å²) in [5.41, 5.74) is 6.84. The number of non-ortho nitro benzene ring substituents is 1. The van der Waals surface area contributed by atoms with Crippen LogP contribution in [-0.2, 0) is 11.3 Å². The second kappa shape index (κ2) is 6.47. The van der Waals surface area contributed by atoms with Crippen LogP contribution in [0.25, 0.3) is 0 Å². The van der Waals surface area contributed by atoms with Gasteiger partial charge in [0.05, 0.1) is 18.1 Å². The van der Waals surface area contributed by atoms with Gasteiger partial charge in [0.2, 0.25) is 0 Å². The van der Waals surface area contributed by atoms with Gasteiger partial charge in [-0.3, -0.25) is 10.1 Å². The maximum Gasteiger partial charge on any atom is 0.269 e. The van der Waals surface area contributed by atoms with E-state index in [0.717, 1.165) is 18.4 Å². The molecule has 0 bridgehead atoms. The molecule has 5 nitrogen and oxygen atoms in total. The average molecular weight is 252 g/mol. The molecule has 0 spiro atoms. The summed E-state index contributed by atoms with van der Waals surface area (Å²) < 4.78 is 5.57. The lowest BCUT2D eigenvalue weighted by Gasteiger charge is -2.26. The molecule has 1 aromatic carbocycles. The molecule has 2 N–H and O–H groups in total. The predicted octanol–water partition coefficient (Wildman–Crippen LogP) is 2.63. The van der Waals surface area contributed by atoms with Crippen molar-refractivity contribution in [2.24, 2.45) is 5.73 Å². The van der Waals surface area contributed by atoms with Gasteiger partial charge in [-0.25, -0.2) is 0 Å². The molecule has 0 aliphatic rings. The Morgan fingerprint density at radius 2 is 1.83 bits per heavy atom. The lowest BCUT2D eigenvalue weighted by Crippen LogP contribution is -2.43. The third-order valence-corrected chi connectivity index (χ3v) is 3.21. The Labute approximate surface area is 107 Å². The molecule has 0 saturated heterocycles. The summed E-state index contributed by atoms with van der Waals surface area (Å²) >= 11 is 0. The highest BCUT2D eigenvalue weighted by molar-refractivity contribution is 5.32. The van der Waals surface area contributed by atoms with Gasteiger partial charge in [-0.2, -0.15) is 0 Å². The first-order chi connectivity index (χ1) is 8.50. The number of nitrogens with zero attached hydrogens (tertiary/aromatic N) is 1. The van der Waals surface area contributed by atoms with E-state index in [2.05, 4.69) is 0 Å². The fourth-order valence-electron chi connectivity index (χ4n) is 1.54. The van der Waals surface area contributed by atoms with Crippen molar-refractivity contribution in [2.45, 2.75) is 38.8 Å². The van der Waals surface area contributed by atoms with Crippen molar-refractivity contribution in [2.75, 3.05) is 6.61 Å². The topological polar surface area (TPSA) is 78.4 Å².